The molecular weight excluding hydrogens is 308 g/mol. The molecule has 0 aromatic heterocycles. The van der Waals surface area contributed by atoms with Gasteiger partial charge >= 0.3 is 0 Å². The normalized spacial score (nSPS) is 17.8. The molecule has 0 radical (unpaired) electrons. The van der Waals surface area contributed by atoms with Crippen LogP contribution >= 0.6 is 0 Å². The van der Waals surface area contributed by atoms with E-state index < -0.39 is 23.6 Å². The Labute approximate surface area is 138 Å². The van der Waals surface area contributed by atoms with E-state index in [-0.39, 0.29) is 0 Å². The summed E-state index contributed by atoms with van der Waals surface area (Å²) in [7, 11) is 0. The smallest absolute Gasteiger partial charge is 0.259 e. The Morgan fingerprint density at radius 2 is 1.17 bits per heavy atom. The zero-order valence-corrected chi connectivity index (χ0v) is 13.8. The molecule has 1 aromatic carbocycles. The van der Waals surface area contributed by atoms with E-state index >= 15 is 0 Å². The molecule has 0 saturated carbocycles. The number of carbonyl (C=O) groups is 4. The second-order valence-electron chi connectivity index (χ2n) is 6.00. The van der Waals surface area contributed by atoms with Gasteiger partial charge in [0.15, 0.2) is 0 Å². The lowest BCUT2D eigenvalue weighted by Gasteiger charge is -2.15. The first kappa shape index (κ1) is 15.9. The molecule has 2 heterocycles. The number of carbonyl (C=O) groups excluding carboxylic acids is 4. The maximum absolute atomic E-state index is 12.2. The molecule has 24 heavy (non-hydrogen) atoms. The van der Waals surface area contributed by atoms with Crippen molar-refractivity contribution in [2.24, 2.45) is 0 Å². The summed E-state index contributed by atoms with van der Waals surface area (Å²) >= 11 is 0. The second kappa shape index (κ2) is 5.26. The van der Waals surface area contributed by atoms with E-state index in [0.29, 0.717) is 39.0 Å². The maximum Gasteiger partial charge on any atom is 0.259 e. The average molecular weight is 324 g/mol. The van der Waals surface area contributed by atoms with Gasteiger partial charge in [-0.1, -0.05) is 12.1 Å². The number of hydrogen-bond acceptors (Lipinski definition) is 4. The summed E-state index contributed by atoms with van der Waals surface area (Å²) in [4.78, 5) is 47.8. The Bertz CT molecular complexity index is 919. The quantitative estimate of drug-likeness (QED) is 0.799. The predicted molar refractivity (Wildman–Crippen MR) is 87.4 cm³/mol. The molecule has 2 aliphatic heterocycles. The van der Waals surface area contributed by atoms with Gasteiger partial charge < -0.3 is 0 Å². The van der Waals surface area contributed by atoms with Crippen LogP contribution in [0.1, 0.15) is 36.1 Å². The van der Waals surface area contributed by atoms with Crippen molar-refractivity contribution in [2.75, 3.05) is 0 Å². The number of hydrogen-bond donors (Lipinski definition) is 2. The van der Waals surface area contributed by atoms with Crippen molar-refractivity contribution in [1.82, 2.24) is 10.6 Å². The van der Waals surface area contributed by atoms with Crippen LogP contribution in [0.2, 0.25) is 0 Å². The zero-order chi connectivity index (χ0) is 17.8. The molecule has 0 bridgehead atoms. The van der Waals surface area contributed by atoms with Gasteiger partial charge in [0.2, 0.25) is 0 Å². The van der Waals surface area contributed by atoms with Gasteiger partial charge in [-0.05, 0) is 49.9 Å². The zero-order valence-electron chi connectivity index (χ0n) is 13.8. The highest BCUT2D eigenvalue weighted by atomic mass is 16.2. The minimum atomic E-state index is -0.451. The van der Waals surface area contributed by atoms with Crippen molar-refractivity contribution in [3.8, 4) is 0 Å². The van der Waals surface area contributed by atoms with Crippen LogP contribution in [0.4, 0.5) is 0 Å². The van der Waals surface area contributed by atoms with Gasteiger partial charge in [0, 0.05) is 11.1 Å². The molecule has 2 N–H and O–H groups in total. The minimum Gasteiger partial charge on any atom is -0.288 e. The number of imide groups is 2. The first-order valence-corrected chi connectivity index (χ1v) is 7.48. The molecule has 0 saturated heterocycles. The van der Waals surface area contributed by atoms with Crippen molar-refractivity contribution in [1.29, 1.82) is 0 Å². The fourth-order valence-electron chi connectivity index (χ4n) is 3.21. The molecule has 0 fully saturated rings. The van der Waals surface area contributed by atoms with Gasteiger partial charge in [-0.25, -0.2) is 0 Å². The van der Waals surface area contributed by atoms with Crippen molar-refractivity contribution in [2.45, 2.75) is 27.7 Å². The SMILES string of the molecule is CC1=C(c2ccc(C)c(C3=C(C)C(=O)NC3=O)c2C)C(=O)NC1=O. The Morgan fingerprint density at radius 1 is 0.667 bits per heavy atom. The average Bonchev–Trinajstić information content (AvgIpc) is 2.90. The summed E-state index contributed by atoms with van der Waals surface area (Å²) in [6, 6.07) is 3.54. The van der Waals surface area contributed by atoms with Crippen LogP contribution in [0, 0.1) is 13.8 Å². The largest absolute Gasteiger partial charge is 0.288 e. The van der Waals surface area contributed by atoms with Gasteiger partial charge in [-0.3, -0.25) is 29.8 Å². The van der Waals surface area contributed by atoms with E-state index in [1.165, 1.54) is 0 Å². The fraction of sp³-hybridized carbons (Fsp3) is 0.222. The number of aryl methyl sites for hydroxylation is 1. The van der Waals surface area contributed by atoms with Gasteiger partial charge in [0.25, 0.3) is 23.6 Å². The number of benzene rings is 1. The van der Waals surface area contributed by atoms with Crippen LogP contribution in [0.3, 0.4) is 0 Å². The molecule has 6 heteroatoms. The van der Waals surface area contributed by atoms with Crippen LogP contribution in [-0.4, -0.2) is 23.6 Å². The standard InChI is InChI=1S/C18H16N2O4/c1-7-5-6-11(13-9(3)15(21)19-17(13)23)8(2)12(7)14-10(4)16(22)20-18(14)24/h5-6H,1-4H3,(H,19,21,23)(H,20,22,24). The van der Waals surface area contributed by atoms with E-state index in [1.807, 2.05) is 6.92 Å². The third kappa shape index (κ3) is 2.11. The molecule has 2 aliphatic rings. The summed E-state index contributed by atoms with van der Waals surface area (Å²) in [6.07, 6.45) is 0. The molecule has 0 atom stereocenters. The van der Waals surface area contributed by atoms with E-state index in [4.69, 9.17) is 0 Å². The lowest BCUT2D eigenvalue weighted by Crippen LogP contribution is -2.23. The van der Waals surface area contributed by atoms with Crippen molar-refractivity contribution in [3.63, 3.8) is 0 Å². The lowest BCUT2D eigenvalue weighted by molar-refractivity contribution is -0.125. The van der Waals surface area contributed by atoms with Crippen molar-refractivity contribution >= 4 is 34.8 Å². The number of nitrogens with one attached hydrogen (secondary N) is 2. The Kier molecular flexibility index (Phi) is 3.48. The summed E-state index contributed by atoms with van der Waals surface area (Å²) in [5.41, 5.74) is 4.04. The van der Waals surface area contributed by atoms with Gasteiger partial charge in [0.05, 0.1) is 11.1 Å². The van der Waals surface area contributed by atoms with Gasteiger partial charge in [-0.15, -0.1) is 0 Å². The van der Waals surface area contributed by atoms with Crippen LogP contribution in [0.5, 0.6) is 0 Å². The fourth-order valence-corrected chi connectivity index (χ4v) is 3.21. The topological polar surface area (TPSA) is 92.3 Å². The molecule has 1 aromatic rings. The lowest BCUT2D eigenvalue weighted by atomic mass is 9.87. The predicted octanol–water partition coefficient (Wildman–Crippen LogP) is 1.16. The van der Waals surface area contributed by atoms with Crippen molar-refractivity contribution in [3.05, 3.63) is 45.5 Å². The first-order valence-electron chi connectivity index (χ1n) is 7.48. The molecule has 4 amide bonds. The highest BCUT2D eigenvalue weighted by Crippen LogP contribution is 2.35. The van der Waals surface area contributed by atoms with Crippen LogP contribution in [-0.2, 0) is 19.2 Å². The highest BCUT2D eigenvalue weighted by molar-refractivity contribution is 6.38. The molecule has 0 aliphatic carbocycles. The van der Waals surface area contributed by atoms with Gasteiger partial charge in [0.1, 0.15) is 0 Å². The Morgan fingerprint density at radius 3 is 1.62 bits per heavy atom. The molecular formula is C18H16N2O4. The maximum atomic E-state index is 12.2. The number of rotatable bonds is 2. The summed E-state index contributed by atoms with van der Waals surface area (Å²) in [5.74, 6) is -1.73. The second-order valence-corrected chi connectivity index (χ2v) is 6.00. The van der Waals surface area contributed by atoms with Crippen LogP contribution < -0.4 is 10.6 Å². The van der Waals surface area contributed by atoms with E-state index in [0.717, 1.165) is 5.56 Å². The van der Waals surface area contributed by atoms with E-state index in [2.05, 4.69) is 10.6 Å². The molecule has 6 nitrogen and oxygen atoms in total. The summed E-state index contributed by atoms with van der Waals surface area (Å²) in [6.45, 7) is 6.80. The highest BCUT2D eigenvalue weighted by Gasteiger charge is 2.33. The third-order valence-electron chi connectivity index (χ3n) is 4.53. The van der Waals surface area contributed by atoms with Crippen LogP contribution in [0.25, 0.3) is 11.1 Å². The molecule has 3 rings (SSSR count). The number of amides is 4. The van der Waals surface area contributed by atoms with Gasteiger partial charge in [-0.2, -0.15) is 0 Å². The van der Waals surface area contributed by atoms with Crippen LogP contribution in [0.15, 0.2) is 23.3 Å². The van der Waals surface area contributed by atoms with E-state index in [1.54, 1.807) is 32.9 Å². The monoisotopic (exact) mass is 324 g/mol. The Hall–Kier alpha value is -3.02. The summed E-state index contributed by atoms with van der Waals surface area (Å²) < 4.78 is 0. The van der Waals surface area contributed by atoms with Crippen molar-refractivity contribution < 1.29 is 19.2 Å². The molecule has 0 unspecified atom stereocenters. The summed E-state index contributed by atoms with van der Waals surface area (Å²) in [5, 5.41) is 4.56. The third-order valence-corrected chi connectivity index (χ3v) is 4.53. The molecule has 0 spiro atoms. The minimum absolute atomic E-state index is 0.307. The van der Waals surface area contributed by atoms with E-state index in [9.17, 15) is 19.2 Å². The Balaban J connectivity index is 2.29. The molecule has 122 valence electrons. The first-order chi connectivity index (χ1) is 11.2.